The molecule has 2 aromatic carbocycles. The number of aromatic nitrogens is 2. The standard InChI is InChI=1S/C19H18N4O/c1-15(17-8-3-2-4-9-17)21-22-19(24)18-10-5-7-16(13-18)14-23-12-6-11-20-23/h2-13H,14H2,1H3,(H,22,24). The SMILES string of the molecule is CC(=NNC(=O)c1cccc(Cn2cccn2)c1)c1ccccc1. The molecule has 0 aliphatic heterocycles. The van der Waals surface area contributed by atoms with Gasteiger partial charge in [-0.2, -0.15) is 10.2 Å². The van der Waals surface area contributed by atoms with E-state index in [1.165, 1.54) is 0 Å². The number of carbonyl (C=O) groups excluding carboxylic acids is 1. The molecule has 0 saturated carbocycles. The number of hydrazone groups is 1. The number of hydrogen-bond acceptors (Lipinski definition) is 3. The highest BCUT2D eigenvalue weighted by Gasteiger charge is 2.06. The minimum atomic E-state index is -0.229. The van der Waals surface area contributed by atoms with Crippen molar-refractivity contribution in [1.82, 2.24) is 15.2 Å². The maximum absolute atomic E-state index is 12.3. The Labute approximate surface area is 140 Å². The molecule has 0 aliphatic carbocycles. The number of benzene rings is 2. The summed E-state index contributed by atoms with van der Waals surface area (Å²) in [5, 5.41) is 8.35. The van der Waals surface area contributed by atoms with E-state index < -0.39 is 0 Å². The number of nitrogens with zero attached hydrogens (tertiary/aromatic N) is 3. The van der Waals surface area contributed by atoms with E-state index in [2.05, 4.69) is 15.6 Å². The molecule has 3 aromatic rings. The molecular weight excluding hydrogens is 300 g/mol. The Morgan fingerprint density at radius 2 is 1.88 bits per heavy atom. The highest BCUT2D eigenvalue weighted by molar-refractivity contribution is 6.00. The predicted octanol–water partition coefficient (Wildman–Crippen LogP) is 3.09. The van der Waals surface area contributed by atoms with E-state index in [0.717, 1.165) is 16.8 Å². The predicted molar refractivity (Wildman–Crippen MR) is 93.9 cm³/mol. The summed E-state index contributed by atoms with van der Waals surface area (Å²) >= 11 is 0. The van der Waals surface area contributed by atoms with E-state index in [4.69, 9.17) is 0 Å². The Morgan fingerprint density at radius 1 is 1.08 bits per heavy atom. The lowest BCUT2D eigenvalue weighted by Crippen LogP contribution is -2.19. The van der Waals surface area contributed by atoms with Crippen molar-refractivity contribution in [2.24, 2.45) is 5.10 Å². The van der Waals surface area contributed by atoms with E-state index in [0.29, 0.717) is 12.1 Å². The quantitative estimate of drug-likeness (QED) is 0.580. The topological polar surface area (TPSA) is 59.3 Å². The van der Waals surface area contributed by atoms with Crippen molar-refractivity contribution in [3.05, 3.63) is 89.7 Å². The van der Waals surface area contributed by atoms with Gasteiger partial charge >= 0.3 is 0 Å². The lowest BCUT2D eigenvalue weighted by molar-refractivity contribution is 0.0954. The first-order valence-corrected chi connectivity index (χ1v) is 7.69. The van der Waals surface area contributed by atoms with Crippen molar-refractivity contribution >= 4 is 11.6 Å². The zero-order valence-electron chi connectivity index (χ0n) is 13.4. The molecule has 1 heterocycles. The average Bonchev–Trinajstić information content (AvgIpc) is 3.13. The Hall–Kier alpha value is -3.21. The van der Waals surface area contributed by atoms with Crippen LogP contribution in [0.2, 0.25) is 0 Å². The monoisotopic (exact) mass is 318 g/mol. The molecule has 0 radical (unpaired) electrons. The molecule has 0 spiro atoms. The molecule has 1 amide bonds. The van der Waals surface area contributed by atoms with Crippen LogP contribution in [0.5, 0.6) is 0 Å². The molecule has 1 N–H and O–H groups in total. The lowest BCUT2D eigenvalue weighted by Gasteiger charge is -2.06. The van der Waals surface area contributed by atoms with Gasteiger partial charge in [-0.25, -0.2) is 5.43 Å². The van der Waals surface area contributed by atoms with E-state index in [1.807, 2.05) is 72.4 Å². The van der Waals surface area contributed by atoms with Crippen LogP contribution in [0.1, 0.15) is 28.4 Å². The van der Waals surface area contributed by atoms with Crippen LogP contribution in [0.4, 0.5) is 0 Å². The van der Waals surface area contributed by atoms with Gasteiger partial charge in [0.2, 0.25) is 0 Å². The summed E-state index contributed by atoms with van der Waals surface area (Å²) < 4.78 is 1.81. The fourth-order valence-electron chi connectivity index (χ4n) is 2.34. The van der Waals surface area contributed by atoms with Gasteiger partial charge in [0.25, 0.3) is 5.91 Å². The van der Waals surface area contributed by atoms with Gasteiger partial charge in [0.15, 0.2) is 0 Å². The van der Waals surface area contributed by atoms with Crippen molar-refractivity contribution in [3.63, 3.8) is 0 Å². The number of nitrogens with one attached hydrogen (secondary N) is 1. The van der Waals surface area contributed by atoms with Gasteiger partial charge in [-0.1, -0.05) is 42.5 Å². The van der Waals surface area contributed by atoms with Crippen molar-refractivity contribution < 1.29 is 4.79 Å². The summed E-state index contributed by atoms with van der Waals surface area (Å²) in [6, 6.07) is 19.1. The Kier molecular flexibility index (Phi) is 4.81. The van der Waals surface area contributed by atoms with Crippen molar-refractivity contribution in [1.29, 1.82) is 0 Å². The molecule has 0 unspecified atom stereocenters. The summed E-state index contributed by atoms with van der Waals surface area (Å²) in [7, 11) is 0. The molecule has 24 heavy (non-hydrogen) atoms. The number of amides is 1. The van der Waals surface area contributed by atoms with Gasteiger partial charge < -0.3 is 0 Å². The van der Waals surface area contributed by atoms with Crippen LogP contribution in [0.25, 0.3) is 0 Å². The zero-order valence-corrected chi connectivity index (χ0v) is 13.4. The van der Waals surface area contributed by atoms with E-state index in [-0.39, 0.29) is 5.91 Å². The minimum Gasteiger partial charge on any atom is -0.268 e. The Balaban J connectivity index is 1.69. The third-order valence-corrected chi connectivity index (χ3v) is 3.61. The largest absolute Gasteiger partial charge is 0.271 e. The first kappa shape index (κ1) is 15.7. The fourth-order valence-corrected chi connectivity index (χ4v) is 2.34. The second-order valence-corrected chi connectivity index (χ2v) is 5.41. The van der Waals surface area contributed by atoms with Gasteiger partial charge in [-0.05, 0) is 36.2 Å². The molecule has 0 fully saturated rings. The molecule has 0 atom stereocenters. The maximum Gasteiger partial charge on any atom is 0.271 e. The molecule has 0 bridgehead atoms. The molecule has 3 rings (SSSR count). The highest BCUT2D eigenvalue weighted by atomic mass is 16.2. The normalized spacial score (nSPS) is 11.3. The number of carbonyl (C=O) groups is 1. The molecule has 120 valence electrons. The van der Waals surface area contributed by atoms with E-state index >= 15 is 0 Å². The van der Waals surface area contributed by atoms with Crippen molar-refractivity contribution in [2.75, 3.05) is 0 Å². The summed E-state index contributed by atoms with van der Waals surface area (Å²) in [6.45, 7) is 2.49. The molecule has 0 saturated heterocycles. The van der Waals surface area contributed by atoms with Crippen molar-refractivity contribution in [2.45, 2.75) is 13.5 Å². The van der Waals surface area contributed by atoms with Crippen LogP contribution < -0.4 is 5.43 Å². The second-order valence-electron chi connectivity index (χ2n) is 5.41. The second kappa shape index (κ2) is 7.37. The Morgan fingerprint density at radius 3 is 2.62 bits per heavy atom. The third kappa shape index (κ3) is 3.95. The van der Waals surface area contributed by atoms with Crippen LogP contribution in [0, 0.1) is 0 Å². The summed E-state index contributed by atoms with van der Waals surface area (Å²) in [5.41, 5.74) is 5.93. The van der Waals surface area contributed by atoms with E-state index in [1.54, 1.807) is 12.3 Å². The summed E-state index contributed by atoms with van der Waals surface area (Å²) in [6.07, 6.45) is 3.62. The van der Waals surface area contributed by atoms with Gasteiger partial charge in [-0.15, -0.1) is 0 Å². The van der Waals surface area contributed by atoms with Gasteiger partial charge in [0.1, 0.15) is 0 Å². The first-order chi connectivity index (χ1) is 11.7. The number of hydrogen-bond donors (Lipinski definition) is 1. The van der Waals surface area contributed by atoms with Crippen molar-refractivity contribution in [3.8, 4) is 0 Å². The molecule has 5 heteroatoms. The van der Waals surface area contributed by atoms with Crippen LogP contribution in [-0.2, 0) is 6.54 Å². The molecular formula is C19H18N4O. The van der Waals surface area contributed by atoms with Crippen LogP contribution in [0.3, 0.4) is 0 Å². The van der Waals surface area contributed by atoms with Crippen LogP contribution >= 0.6 is 0 Å². The minimum absolute atomic E-state index is 0.229. The zero-order chi connectivity index (χ0) is 16.8. The molecule has 1 aromatic heterocycles. The highest BCUT2D eigenvalue weighted by Crippen LogP contribution is 2.07. The van der Waals surface area contributed by atoms with E-state index in [9.17, 15) is 4.79 Å². The van der Waals surface area contributed by atoms with Gasteiger partial charge in [0, 0.05) is 18.0 Å². The summed E-state index contributed by atoms with van der Waals surface area (Å²) in [4.78, 5) is 12.3. The fraction of sp³-hybridized carbons (Fsp3) is 0.105. The van der Waals surface area contributed by atoms with Gasteiger partial charge in [0.05, 0.1) is 12.3 Å². The maximum atomic E-state index is 12.3. The smallest absolute Gasteiger partial charge is 0.268 e. The molecule has 5 nitrogen and oxygen atoms in total. The molecule has 0 aliphatic rings. The Bertz CT molecular complexity index is 839. The van der Waals surface area contributed by atoms with Crippen LogP contribution in [-0.4, -0.2) is 21.4 Å². The lowest BCUT2D eigenvalue weighted by atomic mass is 10.1. The van der Waals surface area contributed by atoms with Gasteiger partial charge in [-0.3, -0.25) is 9.48 Å². The van der Waals surface area contributed by atoms with Crippen LogP contribution in [0.15, 0.2) is 78.2 Å². The number of rotatable bonds is 5. The third-order valence-electron chi connectivity index (χ3n) is 3.61. The average molecular weight is 318 g/mol. The first-order valence-electron chi connectivity index (χ1n) is 7.69. The summed E-state index contributed by atoms with van der Waals surface area (Å²) in [5.74, 6) is -0.229.